The predicted octanol–water partition coefficient (Wildman–Crippen LogP) is 5.09. The number of nitrogens with zero attached hydrogens (tertiary/aromatic N) is 1. The van der Waals surface area contributed by atoms with Gasteiger partial charge in [-0.1, -0.05) is 60.7 Å². The Morgan fingerprint density at radius 3 is 2.28 bits per heavy atom. The van der Waals surface area contributed by atoms with E-state index in [0.29, 0.717) is 23.6 Å². The zero-order valence-corrected chi connectivity index (χ0v) is 18.5. The number of rotatable bonds is 7. The van der Waals surface area contributed by atoms with Crippen molar-refractivity contribution in [3.8, 4) is 5.75 Å². The molecule has 0 atom stereocenters. The lowest BCUT2D eigenvalue weighted by molar-refractivity contribution is -0.137. The SMILES string of the molecule is CCOc1ccccc1NC1=C(c2ccc(C)c(C)c2)C(=O)N(Cc2ccccc2)C1=O. The summed E-state index contributed by atoms with van der Waals surface area (Å²) in [6.07, 6.45) is 0. The molecule has 162 valence electrons. The molecule has 0 saturated heterocycles. The second-order valence-electron chi connectivity index (χ2n) is 7.79. The highest BCUT2D eigenvalue weighted by Gasteiger charge is 2.39. The molecule has 1 aliphatic rings. The third-order valence-electron chi connectivity index (χ3n) is 5.59. The third-order valence-corrected chi connectivity index (χ3v) is 5.59. The average Bonchev–Trinajstić information content (AvgIpc) is 3.02. The zero-order valence-electron chi connectivity index (χ0n) is 18.5. The van der Waals surface area contributed by atoms with Crippen molar-refractivity contribution in [2.45, 2.75) is 27.3 Å². The quantitative estimate of drug-likeness (QED) is 0.535. The van der Waals surface area contributed by atoms with Crippen LogP contribution < -0.4 is 10.1 Å². The molecule has 0 spiro atoms. The van der Waals surface area contributed by atoms with Crippen LogP contribution in [0.1, 0.15) is 29.2 Å². The highest BCUT2D eigenvalue weighted by atomic mass is 16.5. The van der Waals surface area contributed by atoms with Gasteiger partial charge in [0.2, 0.25) is 0 Å². The minimum Gasteiger partial charge on any atom is -0.492 e. The van der Waals surface area contributed by atoms with Crippen molar-refractivity contribution < 1.29 is 14.3 Å². The van der Waals surface area contributed by atoms with Gasteiger partial charge < -0.3 is 10.1 Å². The Bertz CT molecular complexity index is 1200. The minimum absolute atomic E-state index is 0.213. The maximum atomic E-state index is 13.5. The van der Waals surface area contributed by atoms with E-state index in [1.165, 1.54) is 4.90 Å². The fourth-order valence-corrected chi connectivity index (χ4v) is 3.75. The second kappa shape index (κ2) is 9.10. The number of nitrogens with one attached hydrogen (secondary N) is 1. The van der Waals surface area contributed by atoms with Crippen molar-refractivity contribution in [1.29, 1.82) is 0 Å². The number of carbonyl (C=O) groups excluding carboxylic acids is 2. The average molecular weight is 427 g/mol. The molecule has 3 aromatic carbocycles. The van der Waals surface area contributed by atoms with Gasteiger partial charge in [0, 0.05) is 0 Å². The first-order valence-electron chi connectivity index (χ1n) is 10.7. The summed E-state index contributed by atoms with van der Waals surface area (Å²) in [6, 6.07) is 22.8. The summed E-state index contributed by atoms with van der Waals surface area (Å²) in [5, 5.41) is 3.22. The number of imide groups is 1. The van der Waals surface area contributed by atoms with Crippen molar-refractivity contribution in [2.75, 3.05) is 11.9 Å². The van der Waals surface area contributed by atoms with Gasteiger partial charge in [0.05, 0.1) is 24.4 Å². The van der Waals surface area contributed by atoms with Crippen LogP contribution in [0.4, 0.5) is 5.69 Å². The monoisotopic (exact) mass is 426 g/mol. The fourth-order valence-electron chi connectivity index (χ4n) is 3.75. The molecule has 1 aliphatic heterocycles. The molecular formula is C27H26N2O3. The van der Waals surface area contributed by atoms with Crippen LogP contribution >= 0.6 is 0 Å². The van der Waals surface area contributed by atoms with Gasteiger partial charge >= 0.3 is 0 Å². The molecule has 3 aromatic rings. The van der Waals surface area contributed by atoms with Crippen molar-refractivity contribution >= 4 is 23.1 Å². The number of hydrogen-bond donors (Lipinski definition) is 1. The molecule has 2 amide bonds. The van der Waals surface area contributed by atoms with E-state index < -0.39 is 0 Å². The first kappa shape index (κ1) is 21.4. The Kier molecular flexibility index (Phi) is 6.08. The Labute approximate surface area is 188 Å². The topological polar surface area (TPSA) is 58.6 Å². The Hall–Kier alpha value is -3.86. The standard InChI is InChI=1S/C27H26N2O3/c1-4-32-23-13-9-8-12-22(23)28-25-24(21-15-14-18(2)19(3)16-21)26(30)29(27(25)31)17-20-10-6-5-7-11-20/h5-16,28H,4,17H2,1-3H3. The van der Waals surface area contributed by atoms with Gasteiger partial charge in [-0.3, -0.25) is 14.5 Å². The van der Waals surface area contributed by atoms with Crippen molar-refractivity contribution in [1.82, 2.24) is 4.90 Å². The van der Waals surface area contributed by atoms with Crippen LogP contribution in [0.3, 0.4) is 0 Å². The summed E-state index contributed by atoms with van der Waals surface area (Å²) in [5.74, 6) is -0.0272. The minimum atomic E-state index is -0.349. The maximum absolute atomic E-state index is 13.5. The molecule has 0 bridgehead atoms. The van der Waals surface area contributed by atoms with E-state index in [1.54, 1.807) is 0 Å². The second-order valence-corrected chi connectivity index (χ2v) is 7.79. The first-order valence-corrected chi connectivity index (χ1v) is 10.7. The van der Waals surface area contributed by atoms with Crippen LogP contribution in [-0.2, 0) is 16.1 Å². The highest BCUT2D eigenvalue weighted by Crippen LogP contribution is 2.34. The molecule has 0 aromatic heterocycles. The Morgan fingerprint density at radius 2 is 1.56 bits per heavy atom. The van der Waals surface area contributed by atoms with Gasteiger partial charge in [-0.15, -0.1) is 0 Å². The van der Waals surface area contributed by atoms with Crippen molar-refractivity contribution in [3.63, 3.8) is 0 Å². The number of amides is 2. The highest BCUT2D eigenvalue weighted by molar-refractivity contribution is 6.36. The smallest absolute Gasteiger partial charge is 0.278 e. The van der Waals surface area contributed by atoms with Gasteiger partial charge in [-0.25, -0.2) is 0 Å². The Morgan fingerprint density at radius 1 is 0.844 bits per heavy atom. The maximum Gasteiger partial charge on any atom is 0.278 e. The van der Waals surface area contributed by atoms with Crippen molar-refractivity contribution in [3.05, 3.63) is 101 Å². The molecule has 1 heterocycles. The molecule has 0 saturated carbocycles. The molecule has 0 radical (unpaired) electrons. The first-order chi connectivity index (χ1) is 15.5. The van der Waals surface area contributed by atoms with E-state index in [0.717, 1.165) is 22.3 Å². The Balaban J connectivity index is 1.78. The molecule has 32 heavy (non-hydrogen) atoms. The number of para-hydroxylation sites is 2. The number of ether oxygens (including phenoxy) is 1. The van der Waals surface area contributed by atoms with Crippen LogP contribution in [0.25, 0.3) is 5.57 Å². The molecule has 5 heteroatoms. The van der Waals surface area contributed by atoms with E-state index in [4.69, 9.17) is 4.74 Å². The molecule has 1 N–H and O–H groups in total. The zero-order chi connectivity index (χ0) is 22.7. The predicted molar refractivity (Wildman–Crippen MR) is 126 cm³/mol. The molecule has 5 nitrogen and oxygen atoms in total. The van der Waals surface area contributed by atoms with E-state index in [1.807, 2.05) is 93.6 Å². The van der Waals surface area contributed by atoms with Crippen LogP contribution in [0.2, 0.25) is 0 Å². The summed E-state index contributed by atoms with van der Waals surface area (Å²) >= 11 is 0. The van der Waals surface area contributed by atoms with E-state index in [9.17, 15) is 9.59 Å². The van der Waals surface area contributed by atoms with Crippen LogP contribution in [-0.4, -0.2) is 23.3 Å². The number of hydrogen-bond acceptors (Lipinski definition) is 4. The van der Waals surface area contributed by atoms with Crippen molar-refractivity contribution in [2.24, 2.45) is 0 Å². The van der Waals surface area contributed by atoms with E-state index in [-0.39, 0.29) is 24.1 Å². The third kappa shape index (κ3) is 4.14. The van der Waals surface area contributed by atoms with Crippen LogP contribution in [0, 0.1) is 13.8 Å². The summed E-state index contributed by atoms with van der Waals surface area (Å²) < 4.78 is 5.71. The molecular weight excluding hydrogens is 400 g/mol. The molecule has 0 aliphatic carbocycles. The number of anilines is 1. The number of aryl methyl sites for hydroxylation is 2. The van der Waals surface area contributed by atoms with Crippen LogP contribution in [0.5, 0.6) is 5.75 Å². The van der Waals surface area contributed by atoms with Gasteiger partial charge in [0.1, 0.15) is 11.4 Å². The largest absolute Gasteiger partial charge is 0.492 e. The van der Waals surface area contributed by atoms with Gasteiger partial charge in [0.15, 0.2) is 0 Å². The summed E-state index contributed by atoms with van der Waals surface area (Å²) in [4.78, 5) is 28.3. The normalized spacial score (nSPS) is 13.7. The molecule has 0 fully saturated rings. The number of carbonyl (C=O) groups is 2. The van der Waals surface area contributed by atoms with E-state index in [2.05, 4.69) is 5.32 Å². The molecule has 4 rings (SSSR count). The molecule has 0 unspecified atom stereocenters. The van der Waals surface area contributed by atoms with Gasteiger partial charge in [-0.2, -0.15) is 0 Å². The van der Waals surface area contributed by atoms with Gasteiger partial charge in [0.25, 0.3) is 11.8 Å². The van der Waals surface area contributed by atoms with E-state index >= 15 is 0 Å². The van der Waals surface area contributed by atoms with Gasteiger partial charge in [-0.05, 0) is 55.2 Å². The van der Waals surface area contributed by atoms with Crippen LogP contribution in [0.15, 0.2) is 78.5 Å². The summed E-state index contributed by atoms with van der Waals surface area (Å²) in [5.41, 5.74) is 5.09. The number of benzene rings is 3. The summed E-state index contributed by atoms with van der Waals surface area (Å²) in [6.45, 7) is 6.64. The summed E-state index contributed by atoms with van der Waals surface area (Å²) in [7, 11) is 0. The lowest BCUT2D eigenvalue weighted by Crippen LogP contribution is -2.32. The lowest BCUT2D eigenvalue weighted by Gasteiger charge is -2.16. The lowest BCUT2D eigenvalue weighted by atomic mass is 9.99. The fraction of sp³-hybridized carbons (Fsp3) is 0.185.